The lowest BCUT2D eigenvalue weighted by Gasteiger charge is -2.12. The maximum Gasteiger partial charge on any atom is 0.238 e. The molecule has 140 valence electrons. The van der Waals surface area contributed by atoms with Crippen molar-refractivity contribution in [1.29, 1.82) is 0 Å². The van der Waals surface area contributed by atoms with Crippen LogP contribution in [0.25, 0.3) is 11.4 Å². The van der Waals surface area contributed by atoms with Gasteiger partial charge in [0.15, 0.2) is 16.8 Å². The Balaban J connectivity index is 1.73. The molecule has 0 radical (unpaired) electrons. The molecule has 2 aromatic heterocycles. The molecule has 0 aliphatic rings. The summed E-state index contributed by atoms with van der Waals surface area (Å²) in [7, 11) is 1.71. The Morgan fingerprint density at radius 2 is 2.04 bits per heavy atom. The van der Waals surface area contributed by atoms with E-state index in [-0.39, 0.29) is 16.7 Å². The van der Waals surface area contributed by atoms with Crippen LogP contribution in [0, 0.1) is 5.82 Å². The zero-order valence-electron chi connectivity index (χ0n) is 14.3. The van der Waals surface area contributed by atoms with E-state index < -0.39 is 11.1 Å². The lowest BCUT2D eigenvalue weighted by Crippen LogP contribution is -2.23. The molecule has 1 unspecified atom stereocenters. The summed E-state index contributed by atoms with van der Waals surface area (Å²) in [5.74, 6) is -0.0971. The van der Waals surface area contributed by atoms with Crippen molar-refractivity contribution in [3.05, 3.63) is 52.4 Å². The van der Waals surface area contributed by atoms with Gasteiger partial charge in [-0.1, -0.05) is 47.1 Å². The van der Waals surface area contributed by atoms with Crippen molar-refractivity contribution in [3.63, 3.8) is 0 Å². The van der Waals surface area contributed by atoms with E-state index in [1.54, 1.807) is 36.7 Å². The van der Waals surface area contributed by atoms with Gasteiger partial charge in [0.1, 0.15) is 5.82 Å². The maximum atomic E-state index is 14.0. The Morgan fingerprint density at radius 3 is 2.74 bits per heavy atom. The number of carbonyl (C=O) groups excluding carboxylic acids is 1. The Hall–Kier alpha value is -2.16. The number of halogens is 3. The van der Waals surface area contributed by atoms with Crippen molar-refractivity contribution in [1.82, 2.24) is 19.7 Å². The minimum absolute atomic E-state index is 0.225. The number of hydrogen-bond acceptors (Lipinski definition) is 5. The molecule has 3 rings (SSSR count). The SMILES string of the molecule is CC(Sc1nnc(-c2ccccc2F)n1C)C(=O)Nc1ncc(Cl)cc1Cl. The monoisotopic (exact) mass is 425 g/mol. The van der Waals surface area contributed by atoms with Crippen molar-refractivity contribution >= 4 is 46.7 Å². The molecular weight excluding hydrogens is 412 g/mol. The summed E-state index contributed by atoms with van der Waals surface area (Å²) < 4.78 is 15.6. The fourth-order valence-corrected chi connectivity index (χ4v) is 3.47. The highest BCUT2D eigenvalue weighted by molar-refractivity contribution is 8.00. The highest BCUT2D eigenvalue weighted by Crippen LogP contribution is 2.28. The molecule has 6 nitrogen and oxygen atoms in total. The third-order valence-corrected chi connectivity index (χ3v) is 5.28. The number of anilines is 1. The maximum absolute atomic E-state index is 14.0. The normalized spacial score (nSPS) is 12.0. The van der Waals surface area contributed by atoms with E-state index >= 15 is 0 Å². The van der Waals surface area contributed by atoms with Crippen LogP contribution in [0.4, 0.5) is 10.2 Å². The Labute approximate surface area is 169 Å². The molecule has 10 heteroatoms. The zero-order valence-corrected chi connectivity index (χ0v) is 16.6. The molecule has 0 aliphatic heterocycles. The van der Waals surface area contributed by atoms with Gasteiger partial charge in [-0.2, -0.15) is 0 Å². The largest absolute Gasteiger partial charge is 0.308 e. The first-order valence-electron chi connectivity index (χ1n) is 7.79. The van der Waals surface area contributed by atoms with Gasteiger partial charge in [-0.15, -0.1) is 10.2 Å². The topological polar surface area (TPSA) is 72.7 Å². The zero-order chi connectivity index (χ0) is 19.6. The van der Waals surface area contributed by atoms with Crippen LogP contribution in [0.5, 0.6) is 0 Å². The molecular formula is C17H14Cl2FN5OS. The fraction of sp³-hybridized carbons (Fsp3) is 0.176. The molecule has 1 atom stereocenters. The van der Waals surface area contributed by atoms with Crippen LogP contribution < -0.4 is 5.32 Å². The van der Waals surface area contributed by atoms with Crippen molar-refractivity contribution < 1.29 is 9.18 Å². The number of thioether (sulfide) groups is 1. The van der Waals surface area contributed by atoms with Gasteiger partial charge in [-0.3, -0.25) is 4.79 Å². The predicted octanol–water partition coefficient (Wildman–Crippen LogP) is 4.44. The third-order valence-electron chi connectivity index (χ3n) is 3.65. The Morgan fingerprint density at radius 1 is 1.30 bits per heavy atom. The predicted molar refractivity (Wildman–Crippen MR) is 105 cm³/mol. The summed E-state index contributed by atoms with van der Waals surface area (Å²) in [5.41, 5.74) is 0.341. The van der Waals surface area contributed by atoms with Gasteiger partial charge in [0.25, 0.3) is 0 Å². The van der Waals surface area contributed by atoms with E-state index in [4.69, 9.17) is 23.2 Å². The molecule has 27 heavy (non-hydrogen) atoms. The number of carbonyl (C=O) groups is 1. The van der Waals surface area contributed by atoms with Crippen molar-refractivity contribution in [2.24, 2.45) is 7.05 Å². The van der Waals surface area contributed by atoms with E-state index in [1.165, 1.54) is 30.1 Å². The summed E-state index contributed by atoms with van der Waals surface area (Å²) in [4.78, 5) is 16.4. The van der Waals surface area contributed by atoms with Gasteiger partial charge in [-0.05, 0) is 25.1 Å². The fourth-order valence-electron chi connectivity index (χ4n) is 2.23. The second-order valence-electron chi connectivity index (χ2n) is 5.58. The first-order valence-corrected chi connectivity index (χ1v) is 9.43. The number of benzene rings is 1. The van der Waals surface area contributed by atoms with Crippen LogP contribution >= 0.6 is 35.0 Å². The van der Waals surface area contributed by atoms with Gasteiger partial charge >= 0.3 is 0 Å². The number of aromatic nitrogens is 4. The summed E-state index contributed by atoms with van der Waals surface area (Å²) >= 11 is 13.0. The van der Waals surface area contributed by atoms with Crippen molar-refractivity contribution in [2.75, 3.05) is 5.32 Å². The molecule has 0 spiro atoms. The average Bonchev–Trinajstić information content (AvgIpc) is 2.98. The number of amides is 1. The standard InChI is InChI=1S/C17H14Cl2FN5OS/c1-9(16(26)22-14-12(19)7-10(18)8-21-14)27-17-24-23-15(25(17)2)11-5-3-4-6-13(11)20/h3-9H,1-2H3,(H,21,22,26). The number of pyridine rings is 1. The molecule has 0 saturated carbocycles. The summed E-state index contributed by atoms with van der Waals surface area (Å²) in [6.07, 6.45) is 1.39. The molecule has 0 aliphatic carbocycles. The molecule has 1 amide bonds. The molecule has 0 saturated heterocycles. The minimum Gasteiger partial charge on any atom is -0.308 e. The smallest absolute Gasteiger partial charge is 0.238 e. The number of nitrogens with zero attached hydrogens (tertiary/aromatic N) is 4. The van der Waals surface area contributed by atoms with E-state index in [9.17, 15) is 9.18 Å². The minimum atomic E-state index is -0.519. The number of hydrogen-bond donors (Lipinski definition) is 1. The number of nitrogens with one attached hydrogen (secondary N) is 1. The summed E-state index contributed by atoms with van der Waals surface area (Å²) in [5, 5.41) is 11.3. The van der Waals surface area contributed by atoms with Gasteiger partial charge in [0.05, 0.1) is 20.9 Å². The molecule has 0 fully saturated rings. The van der Waals surface area contributed by atoms with Crippen LogP contribution in [-0.2, 0) is 11.8 Å². The van der Waals surface area contributed by atoms with E-state index in [1.807, 2.05) is 0 Å². The average molecular weight is 426 g/mol. The highest BCUT2D eigenvalue weighted by Gasteiger charge is 2.21. The molecule has 1 aromatic carbocycles. The van der Waals surface area contributed by atoms with Crippen molar-refractivity contribution in [2.45, 2.75) is 17.3 Å². The molecule has 3 aromatic rings. The van der Waals surface area contributed by atoms with Crippen LogP contribution in [0.15, 0.2) is 41.7 Å². The third kappa shape index (κ3) is 4.40. The van der Waals surface area contributed by atoms with Gasteiger partial charge in [-0.25, -0.2) is 9.37 Å². The first-order chi connectivity index (χ1) is 12.9. The van der Waals surface area contributed by atoms with Crippen LogP contribution in [0.2, 0.25) is 10.0 Å². The summed E-state index contributed by atoms with van der Waals surface area (Å²) in [6.45, 7) is 1.71. The van der Waals surface area contributed by atoms with Gasteiger partial charge in [0, 0.05) is 13.2 Å². The van der Waals surface area contributed by atoms with Crippen molar-refractivity contribution in [3.8, 4) is 11.4 Å². The second-order valence-corrected chi connectivity index (χ2v) is 7.73. The van der Waals surface area contributed by atoms with E-state index in [0.29, 0.717) is 21.6 Å². The Bertz CT molecular complexity index is 997. The quantitative estimate of drug-likeness (QED) is 0.611. The summed E-state index contributed by atoms with van der Waals surface area (Å²) in [6, 6.07) is 7.80. The molecule has 2 heterocycles. The first kappa shape index (κ1) is 19.6. The van der Waals surface area contributed by atoms with Gasteiger partial charge < -0.3 is 9.88 Å². The lowest BCUT2D eigenvalue weighted by molar-refractivity contribution is -0.115. The lowest BCUT2D eigenvalue weighted by atomic mass is 10.2. The second kappa shape index (κ2) is 8.24. The van der Waals surface area contributed by atoms with Crippen LogP contribution in [0.1, 0.15) is 6.92 Å². The number of rotatable bonds is 5. The highest BCUT2D eigenvalue weighted by atomic mass is 35.5. The molecule has 0 bridgehead atoms. The van der Waals surface area contributed by atoms with E-state index in [0.717, 1.165) is 0 Å². The van der Waals surface area contributed by atoms with Gasteiger partial charge in [0.2, 0.25) is 5.91 Å². The molecule has 1 N–H and O–H groups in total. The Kier molecular flexibility index (Phi) is 5.98. The van der Waals surface area contributed by atoms with Crippen LogP contribution in [-0.4, -0.2) is 30.9 Å². The van der Waals surface area contributed by atoms with E-state index in [2.05, 4.69) is 20.5 Å². The van der Waals surface area contributed by atoms with Crippen LogP contribution in [0.3, 0.4) is 0 Å².